The maximum Gasteiger partial charge on any atom is 0.267 e. The molecule has 0 amide bonds. The van der Waals surface area contributed by atoms with Crippen molar-refractivity contribution in [2.45, 2.75) is 4.90 Å². The summed E-state index contributed by atoms with van der Waals surface area (Å²) in [5.41, 5.74) is 0. The van der Waals surface area contributed by atoms with Crippen molar-refractivity contribution in [2.75, 3.05) is 4.72 Å². The van der Waals surface area contributed by atoms with Gasteiger partial charge in [0.2, 0.25) is 0 Å². The lowest BCUT2D eigenvalue weighted by Gasteiger charge is -2.06. The topological polar surface area (TPSA) is 105 Å². The molecule has 0 radical (unpaired) electrons. The van der Waals surface area contributed by atoms with E-state index >= 15 is 0 Å². The average molecular weight is 252 g/mol. The van der Waals surface area contributed by atoms with E-state index in [1.807, 2.05) is 0 Å². The van der Waals surface area contributed by atoms with Crippen LogP contribution in [0.1, 0.15) is 0 Å². The van der Waals surface area contributed by atoms with Gasteiger partial charge in [-0.2, -0.15) is 5.10 Å². The van der Waals surface area contributed by atoms with Crippen LogP contribution in [0.15, 0.2) is 41.6 Å². The second-order valence-electron chi connectivity index (χ2n) is 3.04. The molecule has 2 aromatic rings. The van der Waals surface area contributed by atoms with Crippen LogP contribution in [0.3, 0.4) is 0 Å². The number of nitrogens with zero attached hydrogens (tertiary/aromatic N) is 3. The molecule has 0 fully saturated rings. The van der Waals surface area contributed by atoms with Gasteiger partial charge in [0.15, 0.2) is 0 Å². The molecule has 0 saturated carbocycles. The summed E-state index contributed by atoms with van der Waals surface area (Å²) in [6.45, 7) is 0. The van der Waals surface area contributed by atoms with Gasteiger partial charge in [-0.15, -0.1) is 5.10 Å². The predicted octanol–water partition coefficient (Wildman–Crippen LogP) is 0.378. The largest absolute Gasteiger partial charge is 0.507 e. The van der Waals surface area contributed by atoms with Crippen molar-refractivity contribution >= 4 is 16.0 Å². The molecule has 0 unspecified atom stereocenters. The molecule has 17 heavy (non-hydrogen) atoms. The highest BCUT2D eigenvalue weighted by atomic mass is 32.2. The third-order valence-electron chi connectivity index (χ3n) is 1.86. The molecule has 0 aliphatic carbocycles. The Morgan fingerprint density at radius 1 is 1.18 bits per heavy atom. The van der Waals surface area contributed by atoms with Crippen molar-refractivity contribution in [2.24, 2.45) is 0 Å². The molecular weight excluding hydrogens is 244 g/mol. The van der Waals surface area contributed by atoms with Gasteiger partial charge in [0.1, 0.15) is 10.6 Å². The lowest BCUT2D eigenvalue weighted by atomic mass is 10.3. The molecule has 0 atom stereocenters. The Morgan fingerprint density at radius 3 is 2.59 bits per heavy atom. The van der Waals surface area contributed by atoms with Crippen LogP contribution in [0.2, 0.25) is 0 Å². The van der Waals surface area contributed by atoms with Crippen molar-refractivity contribution in [1.29, 1.82) is 0 Å². The molecule has 0 spiro atoms. The van der Waals surface area contributed by atoms with Crippen molar-refractivity contribution in [3.8, 4) is 5.75 Å². The number of nitrogens with one attached hydrogen (secondary N) is 1. The molecule has 0 aliphatic heterocycles. The fourth-order valence-electron chi connectivity index (χ4n) is 1.15. The molecule has 1 aromatic heterocycles. The van der Waals surface area contributed by atoms with E-state index in [9.17, 15) is 13.5 Å². The first-order chi connectivity index (χ1) is 8.09. The van der Waals surface area contributed by atoms with E-state index in [4.69, 9.17) is 0 Å². The number of benzene rings is 1. The van der Waals surface area contributed by atoms with Crippen molar-refractivity contribution in [3.05, 3.63) is 36.7 Å². The molecule has 0 bridgehead atoms. The number of phenolic OH excluding ortho intramolecular Hbond substituents is 1. The number of hydrogen-bond acceptors (Lipinski definition) is 6. The average Bonchev–Trinajstić information content (AvgIpc) is 2.30. The predicted molar refractivity (Wildman–Crippen MR) is 58.7 cm³/mol. The van der Waals surface area contributed by atoms with E-state index < -0.39 is 10.0 Å². The molecule has 2 N–H and O–H groups in total. The highest BCUT2D eigenvalue weighted by Gasteiger charge is 2.19. The third kappa shape index (κ3) is 2.48. The van der Waals surface area contributed by atoms with Crippen LogP contribution < -0.4 is 4.72 Å². The number of aromatic nitrogens is 3. The monoisotopic (exact) mass is 252 g/mol. The molecule has 2 rings (SSSR count). The molecule has 0 saturated heterocycles. The fraction of sp³-hybridized carbons (Fsp3) is 0. The lowest BCUT2D eigenvalue weighted by Crippen LogP contribution is -2.15. The molecule has 1 aromatic carbocycles. The maximum absolute atomic E-state index is 11.8. The van der Waals surface area contributed by atoms with Gasteiger partial charge in [-0.05, 0) is 12.1 Å². The number of sulfonamides is 1. The summed E-state index contributed by atoms with van der Waals surface area (Å²) < 4.78 is 25.8. The second-order valence-corrected chi connectivity index (χ2v) is 4.69. The highest BCUT2D eigenvalue weighted by Crippen LogP contribution is 2.22. The molecule has 0 aliphatic rings. The van der Waals surface area contributed by atoms with Gasteiger partial charge in [-0.25, -0.2) is 18.1 Å². The SMILES string of the molecule is O=S(=O)(Nc1nccnn1)c1ccccc1O. The number of rotatable bonds is 3. The van der Waals surface area contributed by atoms with Gasteiger partial charge in [0, 0.05) is 0 Å². The van der Waals surface area contributed by atoms with Crippen molar-refractivity contribution in [3.63, 3.8) is 0 Å². The normalized spacial score (nSPS) is 11.1. The fourth-order valence-corrected chi connectivity index (χ4v) is 2.20. The minimum Gasteiger partial charge on any atom is -0.507 e. The number of para-hydroxylation sites is 1. The maximum atomic E-state index is 11.8. The van der Waals surface area contributed by atoms with E-state index in [0.717, 1.165) is 0 Å². The Labute approximate surface area is 97.2 Å². The number of phenols is 1. The van der Waals surface area contributed by atoms with Crippen LogP contribution in [0.4, 0.5) is 5.95 Å². The lowest BCUT2D eigenvalue weighted by molar-refractivity contribution is 0.459. The van der Waals surface area contributed by atoms with Crippen molar-refractivity contribution < 1.29 is 13.5 Å². The van der Waals surface area contributed by atoms with Gasteiger partial charge in [-0.1, -0.05) is 12.1 Å². The standard InChI is InChI=1S/C9H8N4O3S/c14-7-3-1-2-4-8(7)17(15,16)13-9-10-5-6-11-12-9/h1-6,14H,(H,10,12,13). The van der Waals surface area contributed by atoms with Crippen LogP contribution in [0.5, 0.6) is 5.75 Å². The summed E-state index contributed by atoms with van der Waals surface area (Å²) in [5.74, 6) is -0.500. The Hall–Kier alpha value is -2.22. The molecule has 8 heteroatoms. The van der Waals surface area contributed by atoms with E-state index in [0.29, 0.717) is 0 Å². The Kier molecular flexibility index (Phi) is 2.88. The zero-order valence-electron chi connectivity index (χ0n) is 8.48. The quantitative estimate of drug-likeness (QED) is 0.818. The summed E-state index contributed by atoms with van der Waals surface area (Å²) in [6.07, 6.45) is 2.62. The Morgan fingerprint density at radius 2 is 1.94 bits per heavy atom. The van der Waals surface area contributed by atoms with Gasteiger partial charge in [-0.3, -0.25) is 0 Å². The first kappa shape index (κ1) is 11.3. The van der Waals surface area contributed by atoms with E-state index in [2.05, 4.69) is 19.9 Å². The van der Waals surface area contributed by atoms with E-state index in [1.54, 1.807) is 0 Å². The Balaban J connectivity index is 2.36. The zero-order valence-corrected chi connectivity index (χ0v) is 9.29. The van der Waals surface area contributed by atoms with E-state index in [1.165, 1.54) is 36.7 Å². The molecular formula is C9H8N4O3S. The molecule has 88 valence electrons. The summed E-state index contributed by atoms with van der Waals surface area (Å²) in [7, 11) is -3.91. The summed E-state index contributed by atoms with van der Waals surface area (Å²) in [5, 5.41) is 16.4. The zero-order chi connectivity index (χ0) is 12.3. The molecule has 1 heterocycles. The smallest absolute Gasteiger partial charge is 0.267 e. The second kappa shape index (κ2) is 4.34. The minimum absolute atomic E-state index is 0.157. The number of hydrogen-bond donors (Lipinski definition) is 2. The number of aromatic hydroxyl groups is 1. The highest BCUT2D eigenvalue weighted by molar-refractivity contribution is 7.92. The first-order valence-electron chi connectivity index (χ1n) is 4.54. The Bertz CT molecular complexity index is 615. The summed E-state index contributed by atoms with van der Waals surface area (Å²) in [4.78, 5) is 3.43. The van der Waals surface area contributed by atoms with Gasteiger partial charge < -0.3 is 5.11 Å². The number of anilines is 1. The van der Waals surface area contributed by atoms with Gasteiger partial charge >= 0.3 is 0 Å². The van der Waals surface area contributed by atoms with Gasteiger partial charge in [0.25, 0.3) is 16.0 Å². The van der Waals surface area contributed by atoms with Crippen LogP contribution >= 0.6 is 0 Å². The third-order valence-corrected chi connectivity index (χ3v) is 3.24. The van der Waals surface area contributed by atoms with Crippen LogP contribution in [-0.4, -0.2) is 28.7 Å². The summed E-state index contributed by atoms with van der Waals surface area (Å²) in [6, 6.07) is 5.57. The van der Waals surface area contributed by atoms with Crippen LogP contribution in [0.25, 0.3) is 0 Å². The molecule has 7 nitrogen and oxygen atoms in total. The van der Waals surface area contributed by atoms with Gasteiger partial charge in [0.05, 0.1) is 12.4 Å². The van der Waals surface area contributed by atoms with Crippen LogP contribution in [0, 0.1) is 0 Å². The van der Waals surface area contributed by atoms with Crippen molar-refractivity contribution in [1.82, 2.24) is 15.2 Å². The summed E-state index contributed by atoms with van der Waals surface area (Å²) >= 11 is 0. The van der Waals surface area contributed by atoms with E-state index in [-0.39, 0.29) is 16.6 Å². The van der Waals surface area contributed by atoms with Crippen LogP contribution in [-0.2, 0) is 10.0 Å². The first-order valence-corrected chi connectivity index (χ1v) is 6.02. The minimum atomic E-state index is -3.91.